The molecule has 0 aliphatic carbocycles. The van der Waals surface area contributed by atoms with Gasteiger partial charge in [-0.15, -0.1) is 0 Å². The van der Waals surface area contributed by atoms with E-state index in [9.17, 15) is 21.6 Å². The van der Waals surface area contributed by atoms with E-state index >= 15 is 0 Å². The number of hydrogen-bond donors (Lipinski definition) is 0. The van der Waals surface area contributed by atoms with Gasteiger partial charge >= 0.3 is 6.18 Å². The summed E-state index contributed by atoms with van der Waals surface area (Å²) in [6.45, 7) is 0. The molecule has 0 saturated carbocycles. The summed E-state index contributed by atoms with van der Waals surface area (Å²) in [6, 6.07) is 9.12. The molecule has 0 bridgehead atoms. The molecule has 4 rings (SSSR count). The number of hydrogen-bond acceptors (Lipinski definition) is 5. The Labute approximate surface area is 186 Å². The number of aliphatic imine (C=N–C) groups is 1. The molecular formula is C19H15Cl2F3N2O2S2. The highest BCUT2D eigenvalue weighted by Gasteiger charge is 2.48. The quantitative estimate of drug-likeness (QED) is 0.581. The normalized spacial score (nSPS) is 22.8. The zero-order valence-corrected chi connectivity index (χ0v) is 18.4. The molecule has 2 heterocycles. The number of benzene rings is 2. The first-order valence-electron chi connectivity index (χ1n) is 8.85. The molecule has 30 heavy (non-hydrogen) atoms. The molecular weight excluding hydrogens is 480 g/mol. The molecule has 0 aromatic heterocycles. The van der Waals surface area contributed by atoms with Gasteiger partial charge in [0.05, 0.1) is 39.9 Å². The van der Waals surface area contributed by atoms with Crippen molar-refractivity contribution in [3.63, 3.8) is 0 Å². The summed E-state index contributed by atoms with van der Waals surface area (Å²) >= 11 is 13.6. The Morgan fingerprint density at radius 1 is 1.13 bits per heavy atom. The Morgan fingerprint density at radius 2 is 1.90 bits per heavy atom. The molecule has 0 spiro atoms. The van der Waals surface area contributed by atoms with E-state index in [1.165, 1.54) is 17.8 Å². The molecule has 0 radical (unpaired) electrons. The number of fused-ring (bicyclic) bond motifs is 1. The van der Waals surface area contributed by atoms with E-state index in [2.05, 4.69) is 4.99 Å². The van der Waals surface area contributed by atoms with Crippen LogP contribution in [-0.2, 0) is 21.8 Å². The minimum Gasteiger partial charge on any atom is -0.313 e. The van der Waals surface area contributed by atoms with Gasteiger partial charge in [0.15, 0.2) is 15.0 Å². The average Bonchev–Trinajstić information content (AvgIpc) is 3.11. The molecule has 1 saturated heterocycles. The predicted molar refractivity (Wildman–Crippen MR) is 115 cm³/mol. The van der Waals surface area contributed by atoms with Gasteiger partial charge < -0.3 is 4.90 Å². The van der Waals surface area contributed by atoms with Gasteiger partial charge in [0.2, 0.25) is 0 Å². The fourth-order valence-electron chi connectivity index (χ4n) is 3.56. The summed E-state index contributed by atoms with van der Waals surface area (Å²) in [6.07, 6.45) is -4.55. The maximum atomic E-state index is 13.3. The topological polar surface area (TPSA) is 49.7 Å². The van der Waals surface area contributed by atoms with Gasteiger partial charge in [-0.1, -0.05) is 47.1 Å². The van der Waals surface area contributed by atoms with Crippen LogP contribution in [0.1, 0.15) is 11.1 Å². The lowest BCUT2D eigenvalue weighted by molar-refractivity contribution is -0.137. The fraction of sp³-hybridized carbons (Fsp3) is 0.316. The summed E-state index contributed by atoms with van der Waals surface area (Å²) in [5, 5.41) is 1.12. The lowest BCUT2D eigenvalue weighted by atomic mass is 10.1. The van der Waals surface area contributed by atoms with Gasteiger partial charge in [0.1, 0.15) is 0 Å². The van der Waals surface area contributed by atoms with E-state index in [0.29, 0.717) is 15.9 Å². The van der Waals surface area contributed by atoms with Crippen LogP contribution >= 0.6 is 35.0 Å². The highest BCUT2D eigenvalue weighted by Crippen LogP contribution is 2.41. The molecule has 11 heteroatoms. The summed E-state index contributed by atoms with van der Waals surface area (Å²) in [5.74, 6) is 0.152. The summed E-state index contributed by atoms with van der Waals surface area (Å²) < 4.78 is 64.1. The second kappa shape index (κ2) is 7.93. The van der Waals surface area contributed by atoms with Crippen molar-refractivity contribution in [3.8, 4) is 0 Å². The van der Waals surface area contributed by atoms with Crippen molar-refractivity contribution < 1.29 is 21.6 Å². The van der Waals surface area contributed by atoms with Crippen LogP contribution in [0, 0.1) is 0 Å². The smallest absolute Gasteiger partial charge is 0.313 e. The number of amidine groups is 1. The molecule has 2 aromatic carbocycles. The van der Waals surface area contributed by atoms with Crippen LogP contribution in [0.3, 0.4) is 0 Å². The molecule has 2 aliphatic heterocycles. The third-order valence-corrected chi connectivity index (χ3v) is 8.19. The van der Waals surface area contributed by atoms with Crippen molar-refractivity contribution in [2.45, 2.75) is 24.0 Å². The van der Waals surface area contributed by atoms with Crippen LogP contribution in [0.4, 0.5) is 18.9 Å². The van der Waals surface area contributed by atoms with E-state index in [0.717, 1.165) is 17.7 Å². The minimum absolute atomic E-state index is 0.101. The molecule has 2 aliphatic rings. The summed E-state index contributed by atoms with van der Waals surface area (Å²) in [7, 11) is -3.33. The maximum Gasteiger partial charge on any atom is 0.416 e. The minimum atomic E-state index is -4.55. The third kappa shape index (κ3) is 4.44. The zero-order valence-electron chi connectivity index (χ0n) is 15.2. The van der Waals surface area contributed by atoms with E-state index in [4.69, 9.17) is 23.2 Å². The molecule has 2 atom stereocenters. The van der Waals surface area contributed by atoms with Gasteiger partial charge in [-0.05, 0) is 35.9 Å². The van der Waals surface area contributed by atoms with Gasteiger partial charge in [0.25, 0.3) is 0 Å². The molecule has 160 valence electrons. The molecule has 0 N–H and O–H groups in total. The number of nitrogens with zero attached hydrogens (tertiary/aromatic N) is 2. The Morgan fingerprint density at radius 3 is 2.60 bits per heavy atom. The fourth-order valence-corrected chi connectivity index (χ4v) is 6.89. The van der Waals surface area contributed by atoms with Gasteiger partial charge in [-0.2, -0.15) is 13.2 Å². The standard InChI is InChI=1S/C19H15Cl2F3N2O2S2/c20-13-3-1-2-11(6-13)8-29-18-25-15-9-30(27,28)10-17(15)26(18)16-7-12(19(22,23)24)4-5-14(16)21/h1-7,15,17H,8-10H2/t15-,17+/m1/s1. The van der Waals surface area contributed by atoms with Crippen molar-refractivity contribution in [1.29, 1.82) is 0 Å². The molecule has 2 aromatic rings. The highest BCUT2D eigenvalue weighted by atomic mass is 35.5. The highest BCUT2D eigenvalue weighted by molar-refractivity contribution is 8.13. The lowest BCUT2D eigenvalue weighted by Crippen LogP contribution is -2.39. The van der Waals surface area contributed by atoms with Gasteiger partial charge in [-0.3, -0.25) is 4.99 Å². The van der Waals surface area contributed by atoms with Crippen LogP contribution in [0.2, 0.25) is 10.0 Å². The Hall–Kier alpha value is -1.42. The van der Waals surface area contributed by atoms with E-state index in [1.807, 2.05) is 6.07 Å². The Kier molecular flexibility index (Phi) is 5.76. The largest absolute Gasteiger partial charge is 0.416 e. The maximum absolute atomic E-state index is 13.3. The summed E-state index contributed by atoms with van der Waals surface area (Å²) in [5.41, 5.74) is 0.161. The summed E-state index contributed by atoms with van der Waals surface area (Å²) in [4.78, 5) is 6.07. The number of rotatable bonds is 3. The first-order valence-corrected chi connectivity index (χ1v) is 12.4. The van der Waals surface area contributed by atoms with Crippen molar-refractivity contribution in [3.05, 3.63) is 63.6 Å². The molecule has 4 nitrogen and oxygen atoms in total. The van der Waals surface area contributed by atoms with Crippen LogP contribution in [0.15, 0.2) is 47.5 Å². The van der Waals surface area contributed by atoms with E-state index in [1.54, 1.807) is 23.1 Å². The van der Waals surface area contributed by atoms with Crippen molar-refractivity contribution in [2.24, 2.45) is 4.99 Å². The zero-order chi connectivity index (χ0) is 21.7. The Balaban J connectivity index is 1.70. The van der Waals surface area contributed by atoms with Crippen LogP contribution in [-0.4, -0.2) is 37.2 Å². The predicted octanol–water partition coefficient (Wildman–Crippen LogP) is 5.29. The molecule has 1 fully saturated rings. The van der Waals surface area contributed by atoms with Crippen LogP contribution in [0.25, 0.3) is 0 Å². The van der Waals surface area contributed by atoms with Gasteiger partial charge in [-0.25, -0.2) is 8.42 Å². The van der Waals surface area contributed by atoms with Crippen LogP contribution in [0.5, 0.6) is 0 Å². The molecule has 0 unspecified atom stereocenters. The van der Waals surface area contributed by atoms with E-state index in [-0.39, 0.29) is 22.2 Å². The second-order valence-electron chi connectivity index (χ2n) is 7.08. The van der Waals surface area contributed by atoms with Crippen molar-refractivity contribution in [1.82, 2.24) is 0 Å². The first-order chi connectivity index (χ1) is 14.0. The monoisotopic (exact) mass is 494 g/mol. The number of alkyl halides is 3. The number of anilines is 1. The lowest BCUT2D eigenvalue weighted by Gasteiger charge is -2.28. The van der Waals surface area contributed by atoms with E-state index < -0.39 is 33.7 Å². The second-order valence-corrected chi connectivity index (χ2v) is 11.0. The van der Waals surface area contributed by atoms with Gasteiger partial charge in [0, 0.05) is 10.8 Å². The first kappa shape index (κ1) is 21.8. The SMILES string of the molecule is O=S1(=O)C[C@H]2N=C(SCc3cccc(Cl)c3)N(c3cc(C(F)(F)F)ccc3Cl)[C@H]2C1. The molecule has 0 amide bonds. The van der Waals surface area contributed by atoms with Crippen LogP contribution < -0.4 is 4.90 Å². The van der Waals surface area contributed by atoms with Crippen molar-refractivity contribution in [2.75, 3.05) is 16.4 Å². The average molecular weight is 495 g/mol. The number of sulfone groups is 1. The van der Waals surface area contributed by atoms with Crippen molar-refractivity contribution >= 4 is 55.7 Å². The third-order valence-electron chi connectivity index (χ3n) is 4.90. The number of halogens is 5. The Bertz CT molecular complexity index is 1120. The number of thioether (sulfide) groups is 1.